The molecule has 1 aromatic carbocycles. The van der Waals surface area contributed by atoms with Crippen molar-refractivity contribution in [1.82, 2.24) is 15.5 Å². The Bertz CT molecular complexity index is 590. The van der Waals surface area contributed by atoms with Crippen LogP contribution < -0.4 is 10.6 Å². The Labute approximate surface area is 154 Å². The van der Waals surface area contributed by atoms with Crippen LogP contribution in [-0.2, 0) is 4.79 Å². The Morgan fingerprint density at radius 1 is 1.25 bits per heavy atom. The van der Waals surface area contributed by atoms with Crippen LogP contribution in [0.1, 0.15) is 38.8 Å². The largest absolute Gasteiger partial charge is 0.354 e. The highest BCUT2D eigenvalue weighted by Crippen LogP contribution is 2.25. The fourth-order valence-electron chi connectivity index (χ4n) is 1.89. The number of halogens is 2. The summed E-state index contributed by atoms with van der Waals surface area (Å²) in [4.78, 5) is 17.7. The molecule has 0 spiro atoms. The number of hydrogen-bond acceptors (Lipinski definition) is 2. The second kappa shape index (κ2) is 9.74. The molecule has 0 bridgehead atoms. The smallest absolute Gasteiger partial charge is 0.243 e. The highest BCUT2D eigenvalue weighted by atomic mass is 35.5. The van der Waals surface area contributed by atoms with E-state index in [0.717, 1.165) is 12.0 Å². The van der Waals surface area contributed by atoms with Crippen molar-refractivity contribution in [2.24, 2.45) is 4.99 Å². The van der Waals surface area contributed by atoms with E-state index in [9.17, 15) is 4.79 Å². The van der Waals surface area contributed by atoms with Crippen molar-refractivity contribution in [3.63, 3.8) is 0 Å². The molecule has 24 heavy (non-hydrogen) atoms. The zero-order valence-corrected chi connectivity index (χ0v) is 16.4. The van der Waals surface area contributed by atoms with Crippen LogP contribution in [-0.4, -0.2) is 43.4 Å². The number of carbonyl (C=O) groups is 1. The maximum absolute atomic E-state index is 11.8. The van der Waals surface area contributed by atoms with E-state index in [-0.39, 0.29) is 24.5 Å². The van der Waals surface area contributed by atoms with Crippen LogP contribution in [0.3, 0.4) is 0 Å². The minimum absolute atomic E-state index is 0.0579. The van der Waals surface area contributed by atoms with Gasteiger partial charge in [0, 0.05) is 30.2 Å². The van der Waals surface area contributed by atoms with Crippen LogP contribution in [0.15, 0.2) is 23.2 Å². The molecule has 0 aliphatic heterocycles. The standard InChI is InChI=1S/C17H26Cl2N4O/c1-6-11(2)21-17(20-10-16(24)23(4)5)22-12(3)14-8-7-13(18)9-15(14)19/h7-9,11-12H,6,10H2,1-5H3,(H2,20,21,22). The summed E-state index contributed by atoms with van der Waals surface area (Å²) in [5.41, 5.74) is 0.915. The summed E-state index contributed by atoms with van der Waals surface area (Å²) >= 11 is 12.2. The van der Waals surface area contributed by atoms with Crippen molar-refractivity contribution in [2.75, 3.05) is 20.6 Å². The number of nitrogens with zero attached hydrogens (tertiary/aromatic N) is 2. The summed E-state index contributed by atoms with van der Waals surface area (Å²) in [7, 11) is 3.42. The summed E-state index contributed by atoms with van der Waals surface area (Å²) in [6.07, 6.45) is 0.943. The van der Waals surface area contributed by atoms with Crippen molar-refractivity contribution in [3.8, 4) is 0 Å². The molecule has 2 atom stereocenters. The molecular weight excluding hydrogens is 347 g/mol. The van der Waals surface area contributed by atoms with Gasteiger partial charge < -0.3 is 15.5 Å². The summed E-state index contributed by atoms with van der Waals surface area (Å²) in [6.45, 7) is 6.21. The predicted octanol–water partition coefficient (Wildman–Crippen LogP) is 3.48. The topological polar surface area (TPSA) is 56.7 Å². The van der Waals surface area contributed by atoms with Gasteiger partial charge in [-0.3, -0.25) is 4.79 Å². The van der Waals surface area contributed by atoms with Crippen LogP contribution in [0.5, 0.6) is 0 Å². The Morgan fingerprint density at radius 2 is 1.92 bits per heavy atom. The van der Waals surface area contributed by atoms with Gasteiger partial charge in [0.25, 0.3) is 0 Å². The molecule has 0 saturated heterocycles. The molecule has 0 aliphatic rings. The third kappa shape index (κ3) is 6.57. The molecule has 0 saturated carbocycles. The number of rotatable bonds is 6. The highest BCUT2D eigenvalue weighted by Gasteiger charge is 2.14. The number of benzene rings is 1. The lowest BCUT2D eigenvalue weighted by Crippen LogP contribution is -2.43. The van der Waals surface area contributed by atoms with Crippen LogP contribution in [0.25, 0.3) is 0 Å². The van der Waals surface area contributed by atoms with Crippen LogP contribution in [0.2, 0.25) is 10.0 Å². The summed E-state index contributed by atoms with van der Waals surface area (Å²) < 4.78 is 0. The van der Waals surface area contributed by atoms with Crippen molar-refractivity contribution in [1.29, 1.82) is 0 Å². The van der Waals surface area contributed by atoms with E-state index in [1.807, 2.05) is 13.0 Å². The van der Waals surface area contributed by atoms with E-state index >= 15 is 0 Å². The molecule has 1 amide bonds. The fraction of sp³-hybridized carbons (Fsp3) is 0.529. The minimum atomic E-state index is -0.0838. The van der Waals surface area contributed by atoms with Gasteiger partial charge in [0.1, 0.15) is 6.54 Å². The lowest BCUT2D eigenvalue weighted by Gasteiger charge is -2.22. The van der Waals surface area contributed by atoms with E-state index in [0.29, 0.717) is 16.0 Å². The summed E-state index contributed by atoms with van der Waals surface area (Å²) in [5.74, 6) is 0.524. The highest BCUT2D eigenvalue weighted by molar-refractivity contribution is 6.35. The number of hydrogen-bond donors (Lipinski definition) is 2. The maximum atomic E-state index is 11.8. The molecule has 7 heteroatoms. The van der Waals surface area contributed by atoms with Gasteiger partial charge in [-0.05, 0) is 38.0 Å². The molecular formula is C17H26Cl2N4O. The van der Waals surface area contributed by atoms with E-state index in [4.69, 9.17) is 23.2 Å². The summed E-state index contributed by atoms with van der Waals surface area (Å²) in [5, 5.41) is 7.77. The lowest BCUT2D eigenvalue weighted by molar-refractivity contribution is -0.127. The number of guanidine groups is 1. The molecule has 1 rings (SSSR count). The Morgan fingerprint density at radius 3 is 2.46 bits per heavy atom. The lowest BCUT2D eigenvalue weighted by atomic mass is 10.1. The first-order valence-corrected chi connectivity index (χ1v) is 8.72. The molecule has 0 aliphatic carbocycles. The van der Waals surface area contributed by atoms with Crippen molar-refractivity contribution >= 4 is 35.1 Å². The van der Waals surface area contributed by atoms with Gasteiger partial charge in [0.2, 0.25) is 5.91 Å². The molecule has 0 heterocycles. The van der Waals surface area contributed by atoms with Crippen molar-refractivity contribution in [3.05, 3.63) is 33.8 Å². The van der Waals surface area contributed by atoms with Crippen LogP contribution in [0.4, 0.5) is 0 Å². The third-order valence-electron chi connectivity index (χ3n) is 3.65. The normalized spacial score (nSPS) is 14.0. The Hall–Kier alpha value is -1.46. The van der Waals surface area contributed by atoms with E-state index in [1.54, 1.807) is 26.2 Å². The van der Waals surface area contributed by atoms with Gasteiger partial charge in [-0.15, -0.1) is 0 Å². The molecule has 1 aromatic rings. The van der Waals surface area contributed by atoms with Crippen molar-refractivity contribution in [2.45, 2.75) is 39.3 Å². The predicted molar refractivity (Wildman–Crippen MR) is 102 cm³/mol. The first-order chi connectivity index (χ1) is 11.2. The van der Waals surface area contributed by atoms with Gasteiger partial charge in [-0.1, -0.05) is 36.2 Å². The number of amides is 1. The number of likely N-dealkylation sites (N-methyl/N-ethyl adjacent to an activating group) is 1. The Kier molecular flexibility index (Phi) is 8.36. The molecule has 0 fully saturated rings. The number of aliphatic imine (C=N–C) groups is 1. The minimum Gasteiger partial charge on any atom is -0.354 e. The maximum Gasteiger partial charge on any atom is 0.243 e. The van der Waals surface area contributed by atoms with Gasteiger partial charge >= 0.3 is 0 Å². The monoisotopic (exact) mass is 372 g/mol. The van der Waals surface area contributed by atoms with Crippen LogP contribution >= 0.6 is 23.2 Å². The zero-order chi connectivity index (χ0) is 18.3. The molecule has 2 unspecified atom stereocenters. The third-order valence-corrected chi connectivity index (χ3v) is 4.21. The van der Waals surface area contributed by atoms with Gasteiger partial charge in [-0.2, -0.15) is 0 Å². The average Bonchev–Trinajstić information content (AvgIpc) is 2.51. The first-order valence-electron chi connectivity index (χ1n) is 7.97. The number of carbonyl (C=O) groups excluding carboxylic acids is 1. The SMILES string of the molecule is CCC(C)NC(=NCC(=O)N(C)C)NC(C)c1ccc(Cl)cc1Cl. The van der Waals surface area contributed by atoms with E-state index < -0.39 is 0 Å². The van der Waals surface area contributed by atoms with E-state index in [2.05, 4.69) is 29.5 Å². The average molecular weight is 373 g/mol. The van der Waals surface area contributed by atoms with E-state index in [1.165, 1.54) is 4.90 Å². The van der Waals surface area contributed by atoms with Crippen LogP contribution in [0, 0.1) is 0 Å². The molecule has 5 nitrogen and oxygen atoms in total. The molecule has 2 N–H and O–H groups in total. The second-order valence-electron chi connectivity index (χ2n) is 5.94. The number of nitrogens with one attached hydrogen (secondary N) is 2. The molecule has 0 aromatic heterocycles. The van der Waals surface area contributed by atoms with Gasteiger partial charge in [-0.25, -0.2) is 4.99 Å². The van der Waals surface area contributed by atoms with Crippen molar-refractivity contribution < 1.29 is 4.79 Å². The Balaban J connectivity index is 2.90. The first kappa shape index (κ1) is 20.6. The quantitative estimate of drug-likeness (QED) is 0.593. The molecule has 0 radical (unpaired) electrons. The second-order valence-corrected chi connectivity index (χ2v) is 6.78. The van der Waals surface area contributed by atoms with Gasteiger partial charge in [0.05, 0.1) is 6.04 Å². The summed E-state index contributed by atoms with van der Waals surface area (Å²) in [6, 6.07) is 5.55. The molecule has 134 valence electrons. The zero-order valence-electron chi connectivity index (χ0n) is 14.9. The fourth-order valence-corrected chi connectivity index (χ4v) is 2.46. The van der Waals surface area contributed by atoms with Gasteiger partial charge in [0.15, 0.2) is 5.96 Å².